The number of hydrogen-bond acceptors (Lipinski definition) is 7. The zero-order valence-corrected chi connectivity index (χ0v) is 14.6. The average molecular weight is 394 g/mol. The number of non-ortho nitro benzene ring substituents is 1. The van der Waals surface area contributed by atoms with E-state index in [0.29, 0.717) is 5.56 Å². The summed E-state index contributed by atoms with van der Waals surface area (Å²) in [5, 5.41) is 23.8. The predicted octanol–water partition coefficient (Wildman–Crippen LogP) is 3.26. The van der Waals surface area contributed by atoms with E-state index < -0.39 is 28.3 Å². The van der Waals surface area contributed by atoms with E-state index in [1.807, 2.05) is 0 Å². The van der Waals surface area contributed by atoms with E-state index in [-0.39, 0.29) is 27.6 Å². The van der Waals surface area contributed by atoms with Gasteiger partial charge in [0.2, 0.25) is 0 Å². The van der Waals surface area contributed by atoms with Crippen LogP contribution in [-0.2, 0) is 9.53 Å². The van der Waals surface area contributed by atoms with Gasteiger partial charge in [0, 0.05) is 18.2 Å². The fourth-order valence-corrected chi connectivity index (χ4v) is 2.39. The summed E-state index contributed by atoms with van der Waals surface area (Å²) in [6.45, 7) is 0.850. The Morgan fingerprint density at radius 1 is 1.15 bits per heavy atom. The number of hydrogen-bond donors (Lipinski definition) is 1. The van der Waals surface area contributed by atoms with Crippen molar-refractivity contribution < 1.29 is 24.2 Å². The van der Waals surface area contributed by atoms with Crippen molar-refractivity contribution in [3.8, 4) is 0 Å². The Balaban J connectivity index is 2.05. The highest BCUT2D eigenvalue weighted by Gasteiger charge is 2.20. The van der Waals surface area contributed by atoms with Crippen LogP contribution >= 0.6 is 11.6 Å². The molecule has 0 heterocycles. The molecule has 0 aliphatic rings. The molecule has 2 aromatic rings. The number of anilines is 1. The van der Waals surface area contributed by atoms with Crippen molar-refractivity contribution in [2.75, 3.05) is 11.9 Å². The lowest BCUT2D eigenvalue weighted by molar-refractivity contribution is -0.384. The van der Waals surface area contributed by atoms with Crippen LogP contribution in [0.25, 0.3) is 0 Å². The lowest BCUT2D eigenvalue weighted by atomic mass is 10.1. The molecule has 0 spiro atoms. The van der Waals surface area contributed by atoms with Gasteiger partial charge in [-0.1, -0.05) is 23.7 Å². The smallest absolute Gasteiger partial charge is 0.340 e. The SMILES string of the molecule is Cc1cccc([N+](=O)[O-])c1NC(=O)COC(=O)c1ccc([N+](=O)[O-])cc1Cl. The van der Waals surface area contributed by atoms with Gasteiger partial charge >= 0.3 is 5.97 Å². The fourth-order valence-electron chi connectivity index (χ4n) is 2.13. The lowest BCUT2D eigenvalue weighted by Gasteiger charge is -2.09. The third-order valence-electron chi connectivity index (χ3n) is 3.43. The summed E-state index contributed by atoms with van der Waals surface area (Å²) in [4.78, 5) is 44.3. The topological polar surface area (TPSA) is 142 Å². The monoisotopic (exact) mass is 393 g/mol. The highest BCUT2D eigenvalue weighted by molar-refractivity contribution is 6.33. The molecule has 0 saturated carbocycles. The molecule has 0 radical (unpaired) electrons. The van der Waals surface area contributed by atoms with Gasteiger partial charge in [0.05, 0.1) is 20.4 Å². The van der Waals surface area contributed by atoms with Crippen molar-refractivity contribution in [2.24, 2.45) is 0 Å². The first-order chi connectivity index (χ1) is 12.7. The van der Waals surface area contributed by atoms with Crippen molar-refractivity contribution in [3.63, 3.8) is 0 Å². The van der Waals surface area contributed by atoms with Gasteiger partial charge in [-0.2, -0.15) is 0 Å². The number of rotatable bonds is 6. The number of nitrogens with zero attached hydrogens (tertiary/aromatic N) is 2. The largest absolute Gasteiger partial charge is 0.452 e. The number of aryl methyl sites for hydroxylation is 1. The van der Waals surface area contributed by atoms with E-state index in [2.05, 4.69) is 5.32 Å². The number of nitro benzene ring substituents is 2. The van der Waals surface area contributed by atoms with E-state index in [4.69, 9.17) is 16.3 Å². The molecule has 0 aliphatic heterocycles. The van der Waals surface area contributed by atoms with E-state index in [1.54, 1.807) is 13.0 Å². The Kier molecular flexibility index (Phi) is 6.03. The van der Waals surface area contributed by atoms with Gasteiger partial charge in [-0.25, -0.2) is 4.79 Å². The minimum atomic E-state index is -0.968. The molecule has 0 saturated heterocycles. The zero-order chi connectivity index (χ0) is 20.1. The molecule has 11 heteroatoms. The number of carbonyl (C=O) groups is 2. The maximum atomic E-state index is 12.0. The lowest BCUT2D eigenvalue weighted by Crippen LogP contribution is -2.22. The molecule has 2 rings (SSSR count). The number of carbonyl (C=O) groups excluding carboxylic acids is 2. The van der Waals surface area contributed by atoms with Gasteiger partial charge in [-0.3, -0.25) is 25.0 Å². The molecule has 10 nitrogen and oxygen atoms in total. The van der Waals surface area contributed by atoms with E-state index in [9.17, 15) is 29.8 Å². The number of benzene rings is 2. The highest BCUT2D eigenvalue weighted by Crippen LogP contribution is 2.27. The summed E-state index contributed by atoms with van der Waals surface area (Å²) in [7, 11) is 0. The van der Waals surface area contributed by atoms with Crippen LogP contribution in [0.3, 0.4) is 0 Å². The number of esters is 1. The second-order valence-electron chi connectivity index (χ2n) is 5.27. The van der Waals surface area contributed by atoms with Crippen LogP contribution in [0.5, 0.6) is 0 Å². The standard InChI is InChI=1S/C16H12ClN3O7/c1-9-3-2-4-13(20(25)26)15(9)18-14(21)8-27-16(22)11-6-5-10(19(23)24)7-12(11)17/h2-7H,8H2,1H3,(H,18,21). The molecule has 0 bridgehead atoms. The maximum Gasteiger partial charge on any atom is 0.340 e. The number of para-hydroxylation sites is 1. The molecule has 0 atom stereocenters. The van der Waals surface area contributed by atoms with Crippen LogP contribution < -0.4 is 5.32 Å². The van der Waals surface area contributed by atoms with Crippen molar-refractivity contribution in [2.45, 2.75) is 6.92 Å². The molecule has 1 N–H and O–H groups in total. The molecule has 0 unspecified atom stereocenters. The van der Waals surface area contributed by atoms with E-state index in [1.165, 1.54) is 12.1 Å². The fraction of sp³-hybridized carbons (Fsp3) is 0.125. The Morgan fingerprint density at radius 2 is 1.85 bits per heavy atom. The summed E-state index contributed by atoms with van der Waals surface area (Å²) < 4.78 is 4.81. The third kappa shape index (κ3) is 4.76. The van der Waals surface area contributed by atoms with Crippen LogP contribution in [0.2, 0.25) is 5.02 Å². The number of ether oxygens (including phenoxy) is 1. The van der Waals surface area contributed by atoms with Gasteiger partial charge in [0.25, 0.3) is 17.3 Å². The van der Waals surface area contributed by atoms with Crippen molar-refractivity contribution in [1.29, 1.82) is 0 Å². The Hall–Kier alpha value is -3.53. The van der Waals surface area contributed by atoms with Gasteiger partial charge in [-0.15, -0.1) is 0 Å². The quantitative estimate of drug-likeness (QED) is 0.450. The number of halogens is 1. The number of nitro groups is 2. The van der Waals surface area contributed by atoms with E-state index in [0.717, 1.165) is 18.2 Å². The van der Waals surface area contributed by atoms with Gasteiger partial charge < -0.3 is 10.1 Å². The number of amides is 1. The predicted molar refractivity (Wildman–Crippen MR) is 94.9 cm³/mol. The maximum absolute atomic E-state index is 12.0. The van der Waals surface area contributed by atoms with E-state index >= 15 is 0 Å². The van der Waals surface area contributed by atoms with Crippen LogP contribution in [0.15, 0.2) is 36.4 Å². The zero-order valence-electron chi connectivity index (χ0n) is 13.8. The second-order valence-corrected chi connectivity index (χ2v) is 5.68. The molecule has 0 aliphatic carbocycles. The van der Waals surface area contributed by atoms with Crippen LogP contribution in [0, 0.1) is 27.2 Å². The Morgan fingerprint density at radius 3 is 2.44 bits per heavy atom. The van der Waals surface area contributed by atoms with Crippen molar-refractivity contribution in [3.05, 3.63) is 72.8 Å². The molecule has 0 fully saturated rings. The van der Waals surface area contributed by atoms with Crippen LogP contribution in [0.4, 0.5) is 17.1 Å². The molecular formula is C16H12ClN3O7. The summed E-state index contributed by atoms with van der Waals surface area (Å²) in [5.74, 6) is -1.76. The summed E-state index contributed by atoms with van der Waals surface area (Å²) in [5.41, 5.74) is -0.301. The third-order valence-corrected chi connectivity index (χ3v) is 3.74. The number of nitrogens with one attached hydrogen (secondary N) is 1. The molecule has 27 heavy (non-hydrogen) atoms. The molecule has 2 aromatic carbocycles. The summed E-state index contributed by atoms with van der Waals surface area (Å²) in [6, 6.07) is 7.43. The van der Waals surface area contributed by atoms with Gasteiger partial charge in [-0.05, 0) is 18.6 Å². The van der Waals surface area contributed by atoms with Gasteiger partial charge in [0.1, 0.15) is 5.69 Å². The Labute approximate surface area is 157 Å². The minimum absolute atomic E-state index is 0.00285. The average Bonchev–Trinajstić information content (AvgIpc) is 2.61. The summed E-state index contributed by atoms with van der Waals surface area (Å²) in [6.07, 6.45) is 0. The Bertz CT molecular complexity index is 946. The van der Waals surface area contributed by atoms with Crippen LogP contribution in [-0.4, -0.2) is 28.3 Å². The molecular weight excluding hydrogens is 382 g/mol. The first-order valence-electron chi connectivity index (χ1n) is 7.35. The van der Waals surface area contributed by atoms with Gasteiger partial charge in [0.15, 0.2) is 6.61 Å². The first kappa shape index (κ1) is 19.8. The highest BCUT2D eigenvalue weighted by atomic mass is 35.5. The molecule has 0 aromatic heterocycles. The summed E-state index contributed by atoms with van der Waals surface area (Å²) >= 11 is 5.81. The molecule has 1 amide bonds. The second kappa shape index (κ2) is 8.23. The molecule has 140 valence electrons. The van der Waals surface area contributed by atoms with Crippen LogP contribution in [0.1, 0.15) is 15.9 Å². The minimum Gasteiger partial charge on any atom is -0.452 e. The normalized spacial score (nSPS) is 10.1. The first-order valence-corrected chi connectivity index (χ1v) is 7.73. The van der Waals surface area contributed by atoms with Crippen molar-refractivity contribution >= 4 is 40.5 Å². The van der Waals surface area contributed by atoms with Crippen molar-refractivity contribution in [1.82, 2.24) is 0 Å².